The maximum Gasteiger partial charge on any atom is 0.279 e. The molecule has 7 heteroatoms. The number of nitrogens with zero attached hydrogens (tertiary/aromatic N) is 1. The number of nitrogens with one attached hydrogen (secondary N) is 2. The molecule has 0 atom stereocenters. The number of carbonyl (C=O) groups is 2. The van der Waals surface area contributed by atoms with E-state index in [4.69, 9.17) is 9.47 Å². The van der Waals surface area contributed by atoms with Gasteiger partial charge in [-0.2, -0.15) is 0 Å². The van der Waals surface area contributed by atoms with Crippen LogP contribution in [0, 0.1) is 13.8 Å². The molecule has 0 radical (unpaired) electrons. The van der Waals surface area contributed by atoms with Gasteiger partial charge in [-0.25, -0.2) is 0 Å². The molecule has 0 aliphatic carbocycles. The Bertz CT molecular complexity index is 931. The number of quaternary nitrogens is 1. The van der Waals surface area contributed by atoms with E-state index < -0.39 is 0 Å². The normalized spacial score (nSPS) is 16.3. The minimum Gasteiger partial charge on any atom is -0.486 e. The molecule has 30 heavy (non-hydrogen) atoms. The lowest BCUT2D eigenvalue weighted by atomic mass is 10.1. The zero-order chi connectivity index (χ0) is 21.1. The van der Waals surface area contributed by atoms with Crippen LogP contribution in [0.25, 0.3) is 0 Å². The zero-order valence-corrected chi connectivity index (χ0v) is 17.5. The molecule has 0 unspecified atom stereocenters. The van der Waals surface area contributed by atoms with E-state index in [0.717, 1.165) is 29.9 Å². The number of piperazine rings is 1. The summed E-state index contributed by atoms with van der Waals surface area (Å²) in [6.07, 6.45) is 0. The number of fused-ring (bicyclic) bond motifs is 1. The quantitative estimate of drug-likeness (QED) is 0.791. The van der Waals surface area contributed by atoms with Crippen LogP contribution in [0.4, 0.5) is 5.69 Å². The minimum absolute atomic E-state index is 0.00832. The van der Waals surface area contributed by atoms with E-state index in [-0.39, 0.29) is 11.8 Å². The van der Waals surface area contributed by atoms with Gasteiger partial charge in [0.2, 0.25) is 0 Å². The summed E-state index contributed by atoms with van der Waals surface area (Å²) in [5.41, 5.74) is 3.63. The number of para-hydroxylation sites is 1. The van der Waals surface area contributed by atoms with E-state index >= 15 is 0 Å². The molecule has 2 N–H and O–H groups in total. The van der Waals surface area contributed by atoms with Crippen molar-refractivity contribution in [2.24, 2.45) is 0 Å². The fourth-order valence-electron chi connectivity index (χ4n) is 3.98. The molecule has 1 fully saturated rings. The van der Waals surface area contributed by atoms with Crippen molar-refractivity contribution in [3.63, 3.8) is 0 Å². The minimum atomic E-state index is -0.00832. The molecule has 0 spiro atoms. The molecule has 0 aromatic heterocycles. The topological polar surface area (TPSA) is 72.3 Å². The number of ether oxygens (including phenoxy) is 2. The standard InChI is InChI=1S/C23H27N3O4/c1-16-4-3-5-17(2)22(16)24-21(27)15-25-8-10-26(11-9-25)23(28)18-6-7-19-20(14-18)30-13-12-29-19/h3-7,14H,8-13,15H2,1-2H3,(H,24,27)/p+1. The van der Waals surface area contributed by atoms with Crippen molar-refractivity contribution < 1.29 is 24.0 Å². The molecule has 7 nitrogen and oxygen atoms in total. The molecule has 1 saturated heterocycles. The van der Waals surface area contributed by atoms with Crippen molar-refractivity contribution in [2.75, 3.05) is 51.3 Å². The number of carbonyl (C=O) groups excluding carboxylic acids is 2. The predicted molar refractivity (Wildman–Crippen MR) is 113 cm³/mol. The van der Waals surface area contributed by atoms with Crippen molar-refractivity contribution in [1.29, 1.82) is 0 Å². The third-order valence-corrected chi connectivity index (χ3v) is 5.70. The van der Waals surface area contributed by atoms with E-state index in [1.807, 2.05) is 36.9 Å². The van der Waals surface area contributed by atoms with Crippen molar-refractivity contribution in [3.8, 4) is 11.5 Å². The SMILES string of the molecule is Cc1cccc(C)c1NC(=O)C[NH+]1CCN(C(=O)c2ccc3c(c2)OCCO3)CC1. The Labute approximate surface area is 176 Å². The maximum absolute atomic E-state index is 12.9. The molecule has 2 aliphatic rings. The zero-order valence-electron chi connectivity index (χ0n) is 17.5. The Morgan fingerprint density at radius 1 is 1.00 bits per heavy atom. The maximum atomic E-state index is 12.9. The summed E-state index contributed by atoms with van der Waals surface area (Å²) >= 11 is 0. The van der Waals surface area contributed by atoms with Crippen LogP contribution < -0.4 is 19.7 Å². The van der Waals surface area contributed by atoms with Crippen molar-refractivity contribution in [2.45, 2.75) is 13.8 Å². The molecule has 2 heterocycles. The highest BCUT2D eigenvalue weighted by Crippen LogP contribution is 2.31. The largest absolute Gasteiger partial charge is 0.486 e. The molecular formula is C23H28N3O4+. The van der Waals surface area contributed by atoms with Crippen LogP contribution in [-0.2, 0) is 4.79 Å². The summed E-state index contributed by atoms with van der Waals surface area (Å²) in [5.74, 6) is 1.31. The van der Waals surface area contributed by atoms with Crippen LogP contribution in [0.2, 0.25) is 0 Å². The molecule has 2 amide bonds. The fourth-order valence-corrected chi connectivity index (χ4v) is 3.98. The summed E-state index contributed by atoms with van der Waals surface area (Å²) < 4.78 is 11.1. The monoisotopic (exact) mass is 410 g/mol. The highest BCUT2D eigenvalue weighted by atomic mass is 16.6. The second-order valence-electron chi connectivity index (χ2n) is 7.89. The van der Waals surface area contributed by atoms with Gasteiger partial charge in [0.25, 0.3) is 11.8 Å². The van der Waals surface area contributed by atoms with Gasteiger partial charge < -0.3 is 24.6 Å². The molecule has 2 aliphatic heterocycles. The molecule has 2 aromatic carbocycles. The summed E-state index contributed by atoms with van der Waals surface area (Å²) in [6, 6.07) is 11.3. The first-order valence-electron chi connectivity index (χ1n) is 10.4. The van der Waals surface area contributed by atoms with Crippen molar-refractivity contribution in [1.82, 2.24) is 4.90 Å². The van der Waals surface area contributed by atoms with Gasteiger partial charge in [-0.1, -0.05) is 18.2 Å². The number of amides is 2. The number of benzene rings is 2. The average Bonchev–Trinajstić information content (AvgIpc) is 2.76. The second kappa shape index (κ2) is 8.75. The summed E-state index contributed by atoms with van der Waals surface area (Å²) in [4.78, 5) is 28.4. The van der Waals surface area contributed by atoms with E-state index in [0.29, 0.717) is 49.9 Å². The Morgan fingerprint density at radius 2 is 1.67 bits per heavy atom. The highest BCUT2D eigenvalue weighted by molar-refractivity contribution is 5.95. The van der Waals surface area contributed by atoms with Gasteiger partial charge >= 0.3 is 0 Å². The fraction of sp³-hybridized carbons (Fsp3) is 0.391. The number of aryl methyl sites for hydroxylation is 2. The number of rotatable bonds is 4. The molecule has 2 aromatic rings. The van der Waals surface area contributed by atoms with Crippen LogP contribution in [0.1, 0.15) is 21.5 Å². The van der Waals surface area contributed by atoms with Crippen molar-refractivity contribution in [3.05, 3.63) is 53.1 Å². The summed E-state index contributed by atoms with van der Waals surface area (Å²) in [7, 11) is 0. The lowest BCUT2D eigenvalue weighted by Crippen LogP contribution is -3.15. The van der Waals surface area contributed by atoms with Crippen LogP contribution >= 0.6 is 0 Å². The van der Waals surface area contributed by atoms with Gasteiger partial charge in [-0.05, 0) is 43.2 Å². The molecule has 0 bridgehead atoms. The number of hydrogen-bond acceptors (Lipinski definition) is 4. The lowest BCUT2D eigenvalue weighted by molar-refractivity contribution is -0.895. The van der Waals surface area contributed by atoms with E-state index in [1.54, 1.807) is 18.2 Å². The van der Waals surface area contributed by atoms with E-state index in [9.17, 15) is 9.59 Å². The first-order chi connectivity index (χ1) is 14.5. The predicted octanol–water partition coefficient (Wildman–Crippen LogP) is 1.05. The molecule has 158 valence electrons. The van der Waals surface area contributed by atoms with Gasteiger partial charge in [0.15, 0.2) is 18.0 Å². The van der Waals surface area contributed by atoms with Crippen LogP contribution in [-0.4, -0.2) is 62.7 Å². The summed E-state index contributed by atoms with van der Waals surface area (Å²) in [6.45, 7) is 8.17. The number of anilines is 1. The third kappa shape index (κ3) is 4.41. The third-order valence-electron chi connectivity index (χ3n) is 5.70. The van der Waals surface area contributed by atoms with Gasteiger partial charge in [0.05, 0.1) is 26.2 Å². The lowest BCUT2D eigenvalue weighted by Gasteiger charge is -2.32. The van der Waals surface area contributed by atoms with E-state index in [1.165, 1.54) is 4.90 Å². The molecule has 4 rings (SSSR count). The Kier molecular flexibility index (Phi) is 5.90. The van der Waals surface area contributed by atoms with E-state index in [2.05, 4.69) is 5.32 Å². The second-order valence-corrected chi connectivity index (χ2v) is 7.89. The van der Waals surface area contributed by atoms with Crippen LogP contribution in [0.5, 0.6) is 11.5 Å². The number of hydrogen-bond donors (Lipinski definition) is 2. The van der Waals surface area contributed by atoms with Crippen LogP contribution in [0.3, 0.4) is 0 Å². The molecule has 0 saturated carbocycles. The molecular weight excluding hydrogens is 382 g/mol. The summed E-state index contributed by atoms with van der Waals surface area (Å²) in [5, 5.41) is 3.05. The van der Waals surface area contributed by atoms with Gasteiger partial charge in [-0.3, -0.25) is 9.59 Å². The van der Waals surface area contributed by atoms with Gasteiger partial charge in [0, 0.05) is 11.3 Å². The first-order valence-corrected chi connectivity index (χ1v) is 10.4. The smallest absolute Gasteiger partial charge is 0.279 e. The highest BCUT2D eigenvalue weighted by Gasteiger charge is 2.27. The Morgan fingerprint density at radius 3 is 2.37 bits per heavy atom. The van der Waals surface area contributed by atoms with Gasteiger partial charge in [0.1, 0.15) is 13.2 Å². The van der Waals surface area contributed by atoms with Gasteiger partial charge in [-0.15, -0.1) is 0 Å². The van der Waals surface area contributed by atoms with Crippen LogP contribution in [0.15, 0.2) is 36.4 Å². The first kappa shape index (κ1) is 20.2. The average molecular weight is 410 g/mol. The van der Waals surface area contributed by atoms with Crippen molar-refractivity contribution >= 4 is 17.5 Å². The Balaban J connectivity index is 1.30. The Hall–Kier alpha value is -3.06.